The SMILES string of the molecule is COc1cc(NC(=O)c2cc(S(=O)(=O)N3CCc4ccccc43)ccc2OC)cc(OC)c1. The summed E-state index contributed by atoms with van der Waals surface area (Å²) >= 11 is 0. The summed E-state index contributed by atoms with van der Waals surface area (Å²) in [7, 11) is 0.569. The largest absolute Gasteiger partial charge is 0.497 e. The summed E-state index contributed by atoms with van der Waals surface area (Å²) in [6.45, 7) is 0.346. The molecule has 3 aromatic carbocycles. The van der Waals surface area contributed by atoms with Crippen molar-refractivity contribution in [3.8, 4) is 17.2 Å². The molecule has 4 rings (SSSR count). The molecule has 8 nitrogen and oxygen atoms in total. The van der Waals surface area contributed by atoms with E-state index < -0.39 is 15.9 Å². The van der Waals surface area contributed by atoms with Gasteiger partial charge in [0.25, 0.3) is 15.9 Å². The van der Waals surface area contributed by atoms with Crippen molar-refractivity contribution in [3.63, 3.8) is 0 Å². The first-order valence-electron chi connectivity index (χ1n) is 10.2. The van der Waals surface area contributed by atoms with Gasteiger partial charge in [0.05, 0.1) is 37.5 Å². The number of benzene rings is 3. The number of rotatable bonds is 7. The first kappa shape index (κ1) is 22.5. The monoisotopic (exact) mass is 468 g/mol. The minimum atomic E-state index is -3.87. The highest BCUT2D eigenvalue weighted by Crippen LogP contribution is 2.34. The maximum Gasteiger partial charge on any atom is 0.264 e. The third-order valence-corrected chi connectivity index (χ3v) is 7.27. The van der Waals surface area contributed by atoms with Crippen LogP contribution in [0.4, 0.5) is 11.4 Å². The Bertz CT molecular complexity index is 1280. The number of para-hydroxylation sites is 1. The summed E-state index contributed by atoms with van der Waals surface area (Å²) in [5.74, 6) is 0.727. The van der Waals surface area contributed by atoms with Gasteiger partial charge in [0.1, 0.15) is 17.2 Å². The molecule has 1 aliphatic heterocycles. The minimum absolute atomic E-state index is 0.00776. The highest BCUT2D eigenvalue weighted by molar-refractivity contribution is 7.92. The van der Waals surface area contributed by atoms with Crippen LogP contribution in [0.1, 0.15) is 15.9 Å². The number of nitrogens with zero attached hydrogens (tertiary/aromatic N) is 1. The first-order chi connectivity index (χ1) is 15.9. The molecular formula is C24H24N2O6S. The normalized spacial score (nSPS) is 12.8. The molecule has 0 unspecified atom stereocenters. The van der Waals surface area contributed by atoms with Crippen LogP contribution in [-0.4, -0.2) is 42.2 Å². The van der Waals surface area contributed by atoms with Gasteiger partial charge in [-0.1, -0.05) is 18.2 Å². The number of methoxy groups -OCH3 is 3. The molecule has 0 spiro atoms. The van der Waals surface area contributed by atoms with Gasteiger partial charge in [0, 0.05) is 30.4 Å². The lowest BCUT2D eigenvalue weighted by atomic mass is 10.1. The van der Waals surface area contributed by atoms with Crippen molar-refractivity contribution >= 4 is 27.3 Å². The van der Waals surface area contributed by atoms with E-state index in [0.717, 1.165) is 5.56 Å². The summed E-state index contributed by atoms with van der Waals surface area (Å²) < 4.78 is 44.0. The van der Waals surface area contributed by atoms with Crippen LogP contribution in [0, 0.1) is 0 Å². The van der Waals surface area contributed by atoms with Crippen molar-refractivity contribution in [1.29, 1.82) is 0 Å². The van der Waals surface area contributed by atoms with E-state index in [-0.39, 0.29) is 16.2 Å². The Morgan fingerprint density at radius 3 is 2.27 bits per heavy atom. The Balaban J connectivity index is 1.68. The van der Waals surface area contributed by atoms with Crippen molar-refractivity contribution in [2.75, 3.05) is 37.5 Å². The number of carbonyl (C=O) groups is 1. The number of hydrogen-bond donors (Lipinski definition) is 1. The van der Waals surface area contributed by atoms with Gasteiger partial charge in [-0.25, -0.2) is 8.42 Å². The van der Waals surface area contributed by atoms with Crippen molar-refractivity contribution in [1.82, 2.24) is 0 Å². The lowest BCUT2D eigenvalue weighted by Crippen LogP contribution is -2.29. The van der Waals surface area contributed by atoms with Crippen molar-refractivity contribution in [2.45, 2.75) is 11.3 Å². The third kappa shape index (κ3) is 4.31. The first-order valence-corrected chi connectivity index (χ1v) is 11.6. The van der Waals surface area contributed by atoms with E-state index in [0.29, 0.717) is 35.8 Å². The van der Waals surface area contributed by atoms with Gasteiger partial charge >= 0.3 is 0 Å². The maximum absolute atomic E-state index is 13.4. The molecule has 1 N–H and O–H groups in total. The third-order valence-electron chi connectivity index (χ3n) is 5.46. The second-order valence-corrected chi connectivity index (χ2v) is 9.24. The Morgan fingerprint density at radius 1 is 0.909 bits per heavy atom. The zero-order chi connectivity index (χ0) is 23.6. The fraction of sp³-hybridized carbons (Fsp3) is 0.208. The molecule has 0 saturated carbocycles. The van der Waals surface area contributed by atoms with Crippen LogP contribution < -0.4 is 23.8 Å². The quantitative estimate of drug-likeness (QED) is 0.568. The molecular weight excluding hydrogens is 444 g/mol. The lowest BCUT2D eigenvalue weighted by molar-refractivity contribution is 0.102. The Labute approximate surface area is 192 Å². The smallest absolute Gasteiger partial charge is 0.264 e. The van der Waals surface area contributed by atoms with E-state index >= 15 is 0 Å². The fourth-order valence-corrected chi connectivity index (χ4v) is 5.32. The van der Waals surface area contributed by atoms with Gasteiger partial charge in [-0.15, -0.1) is 0 Å². The highest BCUT2D eigenvalue weighted by Gasteiger charge is 2.31. The molecule has 0 bridgehead atoms. The standard InChI is InChI=1S/C24H24N2O6S/c1-30-18-12-17(13-19(14-18)31-2)25-24(27)21-15-20(8-9-23(21)32-3)33(28,29)26-11-10-16-6-4-5-7-22(16)26/h4-9,12-15H,10-11H2,1-3H3,(H,25,27). The topological polar surface area (TPSA) is 94.2 Å². The molecule has 33 heavy (non-hydrogen) atoms. The number of amides is 1. The summed E-state index contributed by atoms with van der Waals surface area (Å²) in [6.07, 6.45) is 0.635. The van der Waals surface area contributed by atoms with E-state index in [2.05, 4.69) is 5.32 Å². The van der Waals surface area contributed by atoms with Gasteiger partial charge in [0.2, 0.25) is 0 Å². The number of carbonyl (C=O) groups excluding carboxylic acids is 1. The molecule has 0 aromatic heterocycles. The van der Waals surface area contributed by atoms with Crippen LogP contribution in [0.3, 0.4) is 0 Å². The maximum atomic E-state index is 13.4. The van der Waals surface area contributed by atoms with Crippen molar-refractivity contribution < 1.29 is 27.4 Å². The number of ether oxygens (including phenoxy) is 3. The summed E-state index contributed by atoms with van der Waals surface area (Å²) in [4.78, 5) is 13.1. The zero-order valence-electron chi connectivity index (χ0n) is 18.5. The average molecular weight is 469 g/mol. The molecule has 0 fully saturated rings. The second kappa shape index (κ2) is 9.03. The van der Waals surface area contributed by atoms with Crippen LogP contribution in [-0.2, 0) is 16.4 Å². The molecule has 1 heterocycles. The summed E-state index contributed by atoms with van der Waals surface area (Å²) in [5.41, 5.74) is 2.15. The number of fused-ring (bicyclic) bond motifs is 1. The van der Waals surface area contributed by atoms with Crippen molar-refractivity contribution in [2.24, 2.45) is 0 Å². The summed E-state index contributed by atoms with van der Waals surface area (Å²) in [6, 6.07) is 16.6. The lowest BCUT2D eigenvalue weighted by Gasteiger charge is -2.20. The van der Waals surface area contributed by atoms with Gasteiger partial charge in [-0.05, 0) is 36.2 Å². The van der Waals surface area contributed by atoms with Crippen LogP contribution >= 0.6 is 0 Å². The van der Waals surface area contributed by atoms with E-state index in [1.54, 1.807) is 24.3 Å². The van der Waals surface area contributed by atoms with Gasteiger partial charge in [-0.3, -0.25) is 9.10 Å². The molecule has 0 saturated heterocycles. The van der Waals surface area contributed by atoms with Gasteiger partial charge in [-0.2, -0.15) is 0 Å². The fourth-order valence-electron chi connectivity index (χ4n) is 3.79. The van der Waals surface area contributed by atoms with E-state index in [1.807, 2.05) is 18.2 Å². The molecule has 3 aromatic rings. The molecule has 9 heteroatoms. The second-order valence-electron chi connectivity index (χ2n) is 7.37. The Hall–Kier alpha value is -3.72. The number of sulfonamides is 1. The van der Waals surface area contributed by atoms with Crippen molar-refractivity contribution in [3.05, 3.63) is 71.8 Å². The van der Waals surface area contributed by atoms with Gasteiger partial charge < -0.3 is 19.5 Å². The number of nitrogens with one attached hydrogen (secondary N) is 1. The predicted molar refractivity (Wildman–Crippen MR) is 125 cm³/mol. The molecule has 1 aliphatic rings. The molecule has 0 atom stereocenters. The van der Waals surface area contributed by atoms with Gasteiger partial charge in [0.15, 0.2) is 0 Å². The Kier molecular flexibility index (Phi) is 6.15. The zero-order valence-corrected chi connectivity index (χ0v) is 19.3. The van der Waals surface area contributed by atoms with Crippen LogP contribution in [0.5, 0.6) is 17.2 Å². The molecule has 0 radical (unpaired) electrons. The molecule has 172 valence electrons. The van der Waals surface area contributed by atoms with Crippen LogP contribution in [0.2, 0.25) is 0 Å². The van der Waals surface area contributed by atoms with Crippen LogP contribution in [0.15, 0.2) is 65.6 Å². The van der Waals surface area contributed by atoms with Crippen LogP contribution in [0.25, 0.3) is 0 Å². The minimum Gasteiger partial charge on any atom is -0.497 e. The molecule has 1 amide bonds. The predicted octanol–water partition coefficient (Wildman–Crippen LogP) is 3.72. The number of anilines is 2. The average Bonchev–Trinajstić information content (AvgIpc) is 3.28. The summed E-state index contributed by atoms with van der Waals surface area (Å²) in [5, 5.41) is 2.76. The van der Waals surface area contributed by atoms with E-state index in [4.69, 9.17) is 14.2 Å². The van der Waals surface area contributed by atoms with E-state index in [1.165, 1.54) is 43.8 Å². The van der Waals surface area contributed by atoms with E-state index in [9.17, 15) is 13.2 Å². The highest BCUT2D eigenvalue weighted by atomic mass is 32.2. The molecule has 0 aliphatic carbocycles. The Morgan fingerprint density at radius 2 is 1.61 bits per heavy atom. The number of hydrogen-bond acceptors (Lipinski definition) is 6.